The number of azo groups is 1. The topological polar surface area (TPSA) is 104 Å². The summed E-state index contributed by atoms with van der Waals surface area (Å²) in [5.74, 6) is -0.907. The van der Waals surface area contributed by atoms with E-state index in [9.17, 15) is 18.3 Å². The van der Waals surface area contributed by atoms with Crippen LogP contribution in [-0.2, 0) is 21.4 Å². The highest BCUT2D eigenvalue weighted by Crippen LogP contribution is 2.39. The van der Waals surface area contributed by atoms with Gasteiger partial charge < -0.3 is 9.67 Å². The maximum atomic E-state index is 12.9. The molecule has 172 valence electrons. The zero-order valence-corrected chi connectivity index (χ0v) is 19.2. The lowest BCUT2D eigenvalue weighted by atomic mass is 9.98. The number of aryl methyl sites for hydroxylation is 1. The van der Waals surface area contributed by atoms with Crippen molar-refractivity contribution in [1.82, 2.24) is 8.87 Å². The Bertz CT molecular complexity index is 1320. The molecule has 0 radical (unpaired) electrons. The number of hydrogen-bond donors (Lipinski definition) is 1. The van der Waals surface area contributed by atoms with Crippen LogP contribution in [0.1, 0.15) is 18.4 Å². The standard InChI is InChI=1S/C24H26N4O4S/c1-3-14-28-21-7-5-4-6-20(21)22(24(28)30)25-26-23(29)18-12-15-27(16-13-18)33(31,32)19-10-8-17(2)9-11-19/h3-11,18,30H,1,12-16H2,2H3. The number of carbonyl (C=O) groups is 1. The van der Waals surface area contributed by atoms with Crippen molar-refractivity contribution in [1.29, 1.82) is 0 Å². The number of nitrogens with zero attached hydrogens (tertiary/aromatic N) is 4. The number of sulfonamides is 1. The third-order valence-corrected chi connectivity index (χ3v) is 7.85. The minimum Gasteiger partial charge on any atom is -0.493 e. The maximum absolute atomic E-state index is 12.9. The molecule has 1 aliphatic rings. The number of rotatable bonds is 6. The van der Waals surface area contributed by atoms with Crippen molar-refractivity contribution in [3.63, 3.8) is 0 Å². The number of hydrogen-bond acceptors (Lipinski definition) is 5. The van der Waals surface area contributed by atoms with E-state index in [1.165, 1.54) is 4.31 Å². The second kappa shape index (κ2) is 9.29. The highest BCUT2D eigenvalue weighted by Gasteiger charge is 2.32. The van der Waals surface area contributed by atoms with Crippen molar-refractivity contribution in [2.75, 3.05) is 13.1 Å². The van der Waals surface area contributed by atoms with Crippen molar-refractivity contribution in [3.8, 4) is 5.88 Å². The third-order valence-electron chi connectivity index (χ3n) is 5.94. The molecule has 0 saturated carbocycles. The molecule has 1 N–H and O–H groups in total. The molecule has 0 aliphatic carbocycles. The summed E-state index contributed by atoms with van der Waals surface area (Å²) in [6.07, 6.45) is 2.40. The minimum absolute atomic E-state index is 0.0772. The first-order chi connectivity index (χ1) is 15.8. The molecule has 0 atom stereocenters. The molecule has 9 heteroatoms. The van der Waals surface area contributed by atoms with Gasteiger partial charge in [-0.3, -0.25) is 4.79 Å². The minimum atomic E-state index is -3.59. The Balaban J connectivity index is 1.46. The summed E-state index contributed by atoms with van der Waals surface area (Å²) in [7, 11) is -3.59. The Morgan fingerprint density at radius 1 is 1.15 bits per heavy atom. The maximum Gasteiger partial charge on any atom is 0.267 e. The number of allylic oxidation sites excluding steroid dienone is 1. The van der Waals surface area contributed by atoms with E-state index in [1.807, 2.05) is 31.2 Å². The normalized spacial score (nSPS) is 15.9. The number of piperidine rings is 1. The molecule has 0 bridgehead atoms. The molecule has 1 aromatic heterocycles. The number of amides is 1. The van der Waals surface area contributed by atoms with E-state index < -0.39 is 21.8 Å². The Kier molecular flexibility index (Phi) is 6.44. The summed E-state index contributed by atoms with van der Waals surface area (Å²) < 4.78 is 28.8. The van der Waals surface area contributed by atoms with Crippen LogP contribution >= 0.6 is 0 Å². The van der Waals surface area contributed by atoms with Crippen LogP contribution in [0.2, 0.25) is 0 Å². The first kappa shape index (κ1) is 22.9. The predicted octanol–water partition coefficient (Wildman–Crippen LogP) is 4.55. The second-order valence-electron chi connectivity index (χ2n) is 8.12. The van der Waals surface area contributed by atoms with Gasteiger partial charge in [0, 0.05) is 30.9 Å². The number of carbonyl (C=O) groups excluding carboxylic acids is 1. The lowest BCUT2D eigenvalue weighted by Crippen LogP contribution is -2.39. The van der Waals surface area contributed by atoms with Crippen LogP contribution in [0.15, 0.2) is 76.3 Å². The first-order valence-electron chi connectivity index (χ1n) is 10.8. The van der Waals surface area contributed by atoms with E-state index in [-0.39, 0.29) is 29.6 Å². The molecule has 2 heterocycles. The summed E-state index contributed by atoms with van der Waals surface area (Å²) in [4.78, 5) is 12.9. The van der Waals surface area contributed by atoms with Crippen LogP contribution in [0, 0.1) is 12.8 Å². The fourth-order valence-electron chi connectivity index (χ4n) is 4.07. The molecule has 1 amide bonds. The molecule has 0 unspecified atom stereocenters. The molecule has 3 aromatic rings. The van der Waals surface area contributed by atoms with Crippen LogP contribution in [0.5, 0.6) is 5.88 Å². The fraction of sp³-hybridized carbons (Fsp3) is 0.292. The van der Waals surface area contributed by atoms with Gasteiger partial charge in [0.25, 0.3) is 5.91 Å². The molecule has 33 heavy (non-hydrogen) atoms. The lowest BCUT2D eigenvalue weighted by Gasteiger charge is -2.29. The van der Waals surface area contributed by atoms with Crippen molar-refractivity contribution in [3.05, 3.63) is 66.7 Å². The molecule has 4 rings (SSSR count). The Hall–Kier alpha value is -3.30. The molecular formula is C24H26N4O4S. The van der Waals surface area contributed by atoms with Crippen LogP contribution in [0.3, 0.4) is 0 Å². The summed E-state index contributed by atoms with van der Waals surface area (Å²) in [5, 5.41) is 19.2. The van der Waals surface area contributed by atoms with Gasteiger partial charge in [0.2, 0.25) is 15.9 Å². The number of aromatic nitrogens is 1. The first-order valence-corrected chi connectivity index (χ1v) is 12.2. The number of para-hydroxylation sites is 1. The van der Waals surface area contributed by atoms with Crippen LogP contribution in [0.4, 0.5) is 5.69 Å². The fourth-order valence-corrected chi connectivity index (χ4v) is 5.54. The van der Waals surface area contributed by atoms with Gasteiger partial charge in [-0.05, 0) is 38.0 Å². The second-order valence-corrected chi connectivity index (χ2v) is 10.1. The number of aromatic hydroxyl groups is 1. The largest absolute Gasteiger partial charge is 0.493 e. The SMILES string of the molecule is C=CCn1c(O)c(N=NC(=O)C2CCN(S(=O)(=O)c3ccc(C)cc3)CC2)c2ccccc21. The zero-order valence-electron chi connectivity index (χ0n) is 18.4. The van der Waals surface area contributed by atoms with Gasteiger partial charge in [-0.15, -0.1) is 16.8 Å². The average molecular weight is 467 g/mol. The van der Waals surface area contributed by atoms with Crippen molar-refractivity contribution in [2.24, 2.45) is 16.1 Å². The van der Waals surface area contributed by atoms with Gasteiger partial charge >= 0.3 is 0 Å². The Morgan fingerprint density at radius 2 is 1.82 bits per heavy atom. The van der Waals surface area contributed by atoms with Gasteiger partial charge in [0.05, 0.1) is 10.4 Å². The predicted molar refractivity (Wildman–Crippen MR) is 126 cm³/mol. The van der Waals surface area contributed by atoms with Crippen molar-refractivity contribution < 1.29 is 18.3 Å². The third kappa shape index (κ3) is 4.46. The van der Waals surface area contributed by atoms with Gasteiger partial charge in [-0.2, -0.15) is 4.31 Å². The van der Waals surface area contributed by atoms with E-state index in [0.717, 1.165) is 11.1 Å². The van der Waals surface area contributed by atoms with E-state index in [0.29, 0.717) is 24.8 Å². The van der Waals surface area contributed by atoms with Crippen LogP contribution < -0.4 is 0 Å². The van der Waals surface area contributed by atoms with E-state index in [2.05, 4.69) is 16.8 Å². The monoisotopic (exact) mass is 466 g/mol. The number of fused-ring (bicyclic) bond motifs is 1. The smallest absolute Gasteiger partial charge is 0.267 e. The Morgan fingerprint density at radius 3 is 2.48 bits per heavy atom. The van der Waals surface area contributed by atoms with Gasteiger partial charge in [0.1, 0.15) is 0 Å². The molecule has 0 spiro atoms. The van der Waals surface area contributed by atoms with Crippen molar-refractivity contribution in [2.45, 2.75) is 31.2 Å². The Labute approximate surface area is 192 Å². The van der Waals surface area contributed by atoms with Crippen LogP contribution in [0.25, 0.3) is 10.9 Å². The van der Waals surface area contributed by atoms with E-state index in [4.69, 9.17) is 0 Å². The number of benzene rings is 2. The molecule has 1 aliphatic heterocycles. The highest BCUT2D eigenvalue weighted by atomic mass is 32.2. The van der Waals surface area contributed by atoms with Crippen molar-refractivity contribution >= 4 is 32.5 Å². The molecular weight excluding hydrogens is 440 g/mol. The highest BCUT2D eigenvalue weighted by molar-refractivity contribution is 7.89. The van der Waals surface area contributed by atoms with E-state index in [1.54, 1.807) is 34.9 Å². The summed E-state index contributed by atoms with van der Waals surface area (Å²) in [6.45, 7) is 6.49. The van der Waals surface area contributed by atoms with Crippen LogP contribution in [-0.4, -0.2) is 41.4 Å². The van der Waals surface area contributed by atoms with Gasteiger partial charge in [-0.25, -0.2) is 8.42 Å². The zero-order chi connectivity index (χ0) is 23.6. The van der Waals surface area contributed by atoms with Gasteiger partial charge in [0.15, 0.2) is 5.69 Å². The molecule has 1 saturated heterocycles. The average Bonchev–Trinajstić information content (AvgIpc) is 3.09. The van der Waals surface area contributed by atoms with Gasteiger partial charge in [-0.1, -0.05) is 42.0 Å². The summed E-state index contributed by atoms with van der Waals surface area (Å²) in [6, 6.07) is 14.1. The quantitative estimate of drug-likeness (QED) is 0.425. The molecule has 1 fully saturated rings. The summed E-state index contributed by atoms with van der Waals surface area (Å²) >= 11 is 0. The molecule has 8 nitrogen and oxygen atoms in total. The van der Waals surface area contributed by atoms with E-state index >= 15 is 0 Å². The molecule has 2 aromatic carbocycles. The lowest BCUT2D eigenvalue weighted by molar-refractivity contribution is -0.123. The summed E-state index contributed by atoms with van der Waals surface area (Å²) in [5.41, 5.74) is 1.99.